The van der Waals surface area contributed by atoms with Gasteiger partial charge in [0.25, 0.3) is 5.91 Å². The van der Waals surface area contributed by atoms with Crippen molar-refractivity contribution in [2.45, 2.75) is 37.6 Å². The third kappa shape index (κ3) is 4.85. The van der Waals surface area contributed by atoms with Gasteiger partial charge in [-0.2, -0.15) is 4.98 Å². The van der Waals surface area contributed by atoms with E-state index in [1.54, 1.807) is 0 Å². The fourth-order valence-corrected chi connectivity index (χ4v) is 4.43. The molecule has 2 aliphatic rings. The van der Waals surface area contributed by atoms with Gasteiger partial charge in [-0.05, 0) is 49.3 Å². The number of nitrogens with zero attached hydrogens (tertiary/aromatic N) is 4. The Hall–Kier alpha value is -2.79. The number of aromatic nitrogens is 3. The molecule has 2 fully saturated rings. The number of hydrogen-bond acceptors (Lipinski definition) is 8. The molecule has 160 valence electrons. The zero-order valence-electron chi connectivity index (χ0n) is 16.7. The van der Waals surface area contributed by atoms with Crippen LogP contribution in [0.1, 0.15) is 47.7 Å². The number of primary amides is 1. The lowest BCUT2D eigenvalue weighted by Crippen LogP contribution is -2.37. The van der Waals surface area contributed by atoms with Gasteiger partial charge in [-0.25, -0.2) is 12.7 Å². The van der Waals surface area contributed by atoms with E-state index < -0.39 is 15.9 Å². The van der Waals surface area contributed by atoms with Crippen LogP contribution >= 0.6 is 0 Å². The average molecular weight is 432 g/mol. The number of carbonyl (C=O) groups is 1. The predicted molar refractivity (Wildman–Crippen MR) is 113 cm³/mol. The number of benzene rings is 1. The third-order valence-corrected chi connectivity index (χ3v) is 6.70. The number of nitrogens with two attached hydrogens (primary N) is 1. The number of anilines is 3. The smallest absolute Gasteiger partial charge is 0.273 e. The van der Waals surface area contributed by atoms with E-state index in [1.807, 2.05) is 24.3 Å². The average Bonchev–Trinajstić information content (AvgIpc) is 3.52. The molecule has 1 saturated heterocycles. The van der Waals surface area contributed by atoms with Crippen molar-refractivity contribution in [1.82, 2.24) is 19.5 Å². The second-order valence-electron chi connectivity index (χ2n) is 7.80. The maximum atomic E-state index is 11.7. The van der Waals surface area contributed by atoms with E-state index in [2.05, 4.69) is 25.8 Å². The van der Waals surface area contributed by atoms with Crippen molar-refractivity contribution in [1.29, 1.82) is 0 Å². The lowest BCUT2D eigenvalue weighted by Gasteiger charge is -2.30. The van der Waals surface area contributed by atoms with E-state index in [0.717, 1.165) is 31.4 Å². The summed E-state index contributed by atoms with van der Waals surface area (Å²) in [5, 5.41) is 14.1. The van der Waals surface area contributed by atoms with Gasteiger partial charge < -0.3 is 16.4 Å². The number of carbonyl (C=O) groups excluding carboxylic acids is 1. The number of piperidine rings is 1. The molecule has 10 nitrogen and oxygen atoms in total. The van der Waals surface area contributed by atoms with Crippen LogP contribution in [-0.4, -0.2) is 59.2 Å². The number of hydrogen-bond donors (Lipinski definition) is 3. The van der Waals surface area contributed by atoms with Crippen molar-refractivity contribution in [3.63, 3.8) is 0 Å². The molecule has 1 aromatic heterocycles. The standard InChI is InChI=1S/C19H25N7O3S/c1-30(28,29)26-10-8-13(9-11-26)12-2-4-15(5-3-12)22-19-23-18(21-14-6-7-14)16(17(20)27)24-25-19/h2-5,13-14H,6-11H2,1H3,(H2,20,27)(H2,21,22,23,25). The van der Waals surface area contributed by atoms with E-state index in [0.29, 0.717) is 30.9 Å². The summed E-state index contributed by atoms with van der Waals surface area (Å²) in [5.74, 6) is 0.282. The quantitative estimate of drug-likeness (QED) is 0.597. The van der Waals surface area contributed by atoms with Crippen molar-refractivity contribution in [2.75, 3.05) is 30.0 Å². The van der Waals surface area contributed by atoms with Crippen molar-refractivity contribution in [2.24, 2.45) is 5.73 Å². The second-order valence-corrected chi connectivity index (χ2v) is 9.78. The molecular formula is C19H25N7O3S. The van der Waals surface area contributed by atoms with E-state index in [1.165, 1.54) is 16.1 Å². The zero-order valence-corrected chi connectivity index (χ0v) is 17.5. The van der Waals surface area contributed by atoms with E-state index in [4.69, 9.17) is 5.73 Å². The predicted octanol–water partition coefficient (Wildman–Crippen LogP) is 1.43. The Kier molecular flexibility index (Phi) is 5.56. The molecular weight excluding hydrogens is 406 g/mol. The summed E-state index contributed by atoms with van der Waals surface area (Å²) in [4.78, 5) is 15.9. The Balaban J connectivity index is 1.42. The fraction of sp³-hybridized carbons (Fsp3) is 0.474. The number of nitrogens with one attached hydrogen (secondary N) is 2. The summed E-state index contributed by atoms with van der Waals surface area (Å²) in [7, 11) is -3.12. The Morgan fingerprint density at radius 1 is 1.10 bits per heavy atom. The molecule has 1 aliphatic carbocycles. The summed E-state index contributed by atoms with van der Waals surface area (Å²) in [6, 6.07) is 8.20. The normalized spacial score (nSPS) is 18.2. The molecule has 2 aromatic rings. The molecule has 11 heteroatoms. The van der Waals surface area contributed by atoms with Crippen LogP contribution in [0, 0.1) is 0 Å². The van der Waals surface area contributed by atoms with Crippen molar-refractivity contribution in [3.8, 4) is 0 Å². The van der Waals surface area contributed by atoms with Crippen LogP contribution in [0.3, 0.4) is 0 Å². The lowest BCUT2D eigenvalue weighted by molar-refractivity contribution is 0.0995. The molecule has 1 aliphatic heterocycles. The summed E-state index contributed by atoms with van der Waals surface area (Å²) < 4.78 is 24.9. The molecule has 1 amide bonds. The van der Waals surface area contributed by atoms with Gasteiger partial charge in [0, 0.05) is 24.8 Å². The molecule has 30 heavy (non-hydrogen) atoms. The molecule has 0 unspecified atom stereocenters. The SMILES string of the molecule is CS(=O)(=O)N1CCC(c2ccc(Nc3nnc(C(N)=O)c(NC4CC4)n3)cc2)CC1. The zero-order chi connectivity index (χ0) is 21.3. The maximum Gasteiger partial charge on any atom is 0.273 e. The molecule has 0 bridgehead atoms. The Bertz CT molecular complexity index is 1030. The monoisotopic (exact) mass is 431 g/mol. The molecule has 0 spiro atoms. The van der Waals surface area contributed by atoms with E-state index in [-0.39, 0.29) is 11.6 Å². The van der Waals surface area contributed by atoms with E-state index in [9.17, 15) is 13.2 Å². The minimum absolute atomic E-state index is 0.0308. The van der Waals surface area contributed by atoms with Crippen LogP contribution < -0.4 is 16.4 Å². The number of rotatable bonds is 7. The molecule has 1 saturated carbocycles. The number of sulfonamides is 1. The van der Waals surface area contributed by atoms with Gasteiger partial charge >= 0.3 is 0 Å². The molecule has 4 rings (SSSR count). The molecule has 0 atom stereocenters. The van der Waals surface area contributed by atoms with Gasteiger partial charge in [-0.1, -0.05) is 12.1 Å². The Morgan fingerprint density at radius 3 is 2.33 bits per heavy atom. The van der Waals surface area contributed by atoms with Crippen LogP contribution in [0.25, 0.3) is 0 Å². The van der Waals surface area contributed by atoms with Gasteiger partial charge in [-0.15, -0.1) is 10.2 Å². The van der Waals surface area contributed by atoms with Crippen molar-refractivity contribution >= 4 is 33.4 Å². The van der Waals surface area contributed by atoms with Crippen molar-refractivity contribution in [3.05, 3.63) is 35.5 Å². The number of amides is 1. The van der Waals surface area contributed by atoms with Gasteiger partial charge in [0.1, 0.15) is 0 Å². The summed E-state index contributed by atoms with van der Waals surface area (Å²) in [6.45, 7) is 1.10. The van der Waals surface area contributed by atoms with Crippen molar-refractivity contribution < 1.29 is 13.2 Å². The molecule has 0 radical (unpaired) electrons. The highest BCUT2D eigenvalue weighted by molar-refractivity contribution is 7.88. The van der Waals surface area contributed by atoms with Crippen LogP contribution in [0.5, 0.6) is 0 Å². The van der Waals surface area contributed by atoms with Crippen LogP contribution in [0.15, 0.2) is 24.3 Å². The first-order valence-corrected chi connectivity index (χ1v) is 11.8. The summed E-state index contributed by atoms with van der Waals surface area (Å²) in [5.41, 5.74) is 7.35. The first-order chi connectivity index (χ1) is 14.3. The minimum Gasteiger partial charge on any atom is -0.365 e. The van der Waals surface area contributed by atoms with E-state index >= 15 is 0 Å². The summed E-state index contributed by atoms with van der Waals surface area (Å²) in [6.07, 6.45) is 4.91. The Labute approximate surface area is 175 Å². The minimum atomic E-state index is -3.12. The molecule has 4 N–H and O–H groups in total. The Morgan fingerprint density at radius 2 is 1.77 bits per heavy atom. The largest absolute Gasteiger partial charge is 0.365 e. The van der Waals surface area contributed by atoms with Gasteiger partial charge in [0.2, 0.25) is 16.0 Å². The van der Waals surface area contributed by atoms with Gasteiger partial charge in [-0.3, -0.25) is 4.79 Å². The first-order valence-electron chi connectivity index (χ1n) is 9.93. The van der Waals surface area contributed by atoms with Gasteiger partial charge in [0.15, 0.2) is 11.5 Å². The third-order valence-electron chi connectivity index (χ3n) is 5.40. The first kappa shape index (κ1) is 20.5. The second kappa shape index (κ2) is 8.15. The fourth-order valence-electron chi connectivity index (χ4n) is 3.56. The highest BCUT2D eigenvalue weighted by Crippen LogP contribution is 2.30. The van der Waals surface area contributed by atoms with Gasteiger partial charge in [0.05, 0.1) is 6.26 Å². The highest BCUT2D eigenvalue weighted by atomic mass is 32.2. The molecule has 1 aromatic carbocycles. The maximum absolute atomic E-state index is 11.7. The van der Waals surface area contributed by atoms with Crippen LogP contribution in [0.2, 0.25) is 0 Å². The lowest BCUT2D eigenvalue weighted by atomic mass is 9.90. The summed E-state index contributed by atoms with van der Waals surface area (Å²) >= 11 is 0. The van der Waals surface area contributed by atoms with Crippen LogP contribution in [0.4, 0.5) is 17.5 Å². The molecule has 2 heterocycles. The van der Waals surface area contributed by atoms with Crippen LogP contribution in [-0.2, 0) is 10.0 Å². The highest BCUT2D eigenvalue weighted by Gasteiger charge is 2.26. The topological polar surface area (TPSA) is 143 Å².